The summed E-state index contributed by atoms with van der Waals surface area (Å²) in [7, 11) is 1.57. The highest BCUT2D eigenvalue weighted by molar-refractivity contribution is 8.04. The fourth-order valence-electron chi connectivity index (χ4n) is 2.41. The molecule has 0 aliphatic carbocycles. The molecule has 1 aliphatic rings. The van der Waals surface area contributed by atoms with E-state index < -0.39 is 0 Å². The van der Waals surface area contributed by atoms with Gasteiger partial charge in [-0.3, -0.25) is 14.5 Å². The van der Waals surface area contributed by atoms with Gasteiger partial charge in [-0.15, -0.1) is 11.8 Å². The van der Waals surface area contributed by atoms with Crippen molar-refractivity contribution in [2.45, 2.75) is 32.4 Å². The fourth-order valence-corrected chi connectivity index (χ4v) is 3.41. The Hall–Kier alpha value is -1.75. The predicted octanol–water partition coefficient (Wildman–Crippen LogP) is 3.33. The fraction of sp³-hybridized carbons (Fsp3) is 0.412. The maximum atomic E-state index is 12.7. The number of carbonyl (C=O) groups excluding carboxylic acids is 2. The first-order valence-electron chi connectivity index (χ1n) is 7.41. The molecule has 4 nitrogen and oxygen atoms in total. The zero-order chi connectivity index (χ0) is 16.3. The summed E-state index contributed by atoms with van der Waals surface area (Å²) in [5, 5.41) is 0.220. The lowest BCUT2D eigenvalue weighted by molar-refractivity contribution is -0.136. The molecule has 1 aromatic rings. The SMILES string of the molecule is CCCN1C(=O)C(SC(C)C)=C(c2ccccc2OC)C1=O. The molecule has 0 radical (unpaired) electrons. The third-order valence-electron chi connectivity index (χ3n) is 3.30. The number of carbonyl (C=O) groups is 2. The third-order valence-corrected chi connectivity index (χ3v) is 4.39. The largest absolute Gasteiger partial charge is 0.496 e. The van der Waals surface area contributed by atoms with Crippen molar-refractivity contribution in [2.75, 3.05) is 13.7 Å². The smallest absolute Gasteiger partial charge is 0.267 e. The van der Waals surface area contributed by atoms with Crippen LogP contribution >= 0.6 is 11.8 Å². The van der Waals surface area contributed by atoms with Crippen LogP contribution in [-0.4, -0.2) is 35.6 Å². The minimum atomic E-state index is -0.223. The van der Waals surface area contributed by atoms with Gasteiger partial charge < -0.3 is 4.74 Å². The number of benzene rings is 1. The minimum absolute atomic E-state index is 0.188. The number of imide groups is 1. The molecule has 0 bridgehead atoms. The van der Waals surface area contributed by atoms with E-state index in [1.165, 1.54) is 16.7 Å². The second kappa shape index (κ2) is 7.01. The third kappa shape index (κ3) is 3.04. The van der Waals surface area contributed by atoms with Crippen LogP contribution in [0.15, 0.2) is 29.2 Å². The van der Waals surface area contributed by atoms with Crippen molar-refractivity contribution in [3.8, 4) is 5.75 Å². The normalized spacial score (nSPS) is 15.2. The summed E-state index contributed by atoms with van der Waals surface area (Å²) < 4.78 is 5.36. The molecule has 1 aliphatic heterocycles. The lowest BCUT2D eigenvalue weighted by Gasteiger charge is -2.14. The molecule has 5 heteroatoms. The zero-order valence-corrected chi connectivity index (χ0v) is 14.2. The van der Waals surface area contributed by atoms with E-state index in [2.05, 4.69) is 0 Å². The molecule has 0 saturated heterocycles. The molecule has 0 aromatic heterocycles. The van der Waals surface area contributed by atoms with Gasteiger partial charge in [-0.25, -0.2) is 0 Å². The molecule has 2 amide bonds. The topological polar surface area (TPSA) is 46.6 Å². The van der Waals surface area contributed by atoms with E-state index in [-0.39, 0.29) is 17.1 Å². The summed E-state index contributed by atoms with van der Waals surface area (Å²) in [6.07, 6.45) is 0.746. The molecule has 1 heterocycles. The van der Waals surface area contributed by atoms with Crippen molar-refractivity contribution in [2.24, 2.45) is 0 Å². The van der Waals surface area contributed by atoms with Crippen LogP contribution in [0.25, 0.3) is 5.57 Å². The Balaban J connectivity index is 2.57. The zero-order valence-electron chi connectivity index (χ0n) is 13.4. The Bertz CT molecular complexity index is 622. The van der Waals surface area contributed by atoms with Crippen LogP contribution < -0.4 is 4.74 Å². The Labute approximate surface area is 135 Å². The van der Waals surface area contributed by atoms with Crippen LogP contribution in [0.4, 0.5) is 0 Å². The van der Waals surface area contributed by atoms with Crippen LogP contribution in [0.1, 0.15) is 32.8 Å². The van der Waals surface area contributed by atoms with Crippen molar-refractivity contribution < 1.29 is 14.3 Å². The highest BCUT2D eigenvalue weighted by atomic mass is 32.2. The molecular weight excluding hydrogens is 298 g/mol. The lowest BCUT2D eigenvalue weighted by Crippen LogP contribution is -2.32. The predicted molar refractivity (Wildman–Crippen MR) is 89.7 cm³/mol. The van der Waals surface area contributed by atoms with Gasteiger partial charge >= 0.3 is 0 Å². The van der Waals surface area contributed by atoms with E-state index in [0.29, 0.717) is 28.3 Å². The van der Waals surface area contributed by atoms with Gasteiger partial charge in [0.15, 0.2) is 0 Å². The number of para-hydroxylation sites is 1. The monoisotopic (exact) mass is 319 g/mol. The average Bonchev–Trinajstić information content (AvgIpc) is 2.71. The number of hydrogen-bond acceptors (Lipinski definition) is 4. The van der Waals surface area contributed by atoms with Gasteiger partial charge in [-0.05, 0) is 12.5 Å². The highest BCUT2D eigenvalue weighted by Crippen LogP contribution is 2.40. The van der Waals surface area contributed by atoms with Crippen molar-refractivity contribution in [1.29, 1.82) is 0 Å². The van der Waals surface area contributed by atoms with Crippen LogP contribution in [0.5, 0.6) is 5.75 Å². The standard InChI is InChI=1S/C17H21NO3S/c1-5-10-18-16(19)14(15(17(18)20)22-11(2)3)12-8-6-7-9-13(12)21-4/h6-9,11H,5,10H2,1-4H3. The number of thioether (sulfide) groups is 1. The summed E-state index contributed by atoms with van der Waals surface area (Å²) >= 11 is 1.44. The molecule has 2 rings (SSSR count). The van der Waals surface area contributed by atoms with E-state index in [1.807, 2.05) is 39.0 Å². The number of amides is 2. The Kier molecular flexibility index (Phi) is 5.29. The first-order valence-corrected chi connectivity index (χ1v) is 8.29. The number of ether oxygens (including phenoxy) is 1. The van der Waals surface area contributed by atoms with Crippen molar-refractivity contribution >= 4 is 29.1 Å². The molecule has 1 aromatic carbocycles. The summed E-state index contributed by atoms with van der Waals surface area (Å²) in [5.41, 5.74) is 1.15. The summed E-state index contributed by atoms with van der Waals surface area (Å²) in [6.45, 7) is 6.42. The second-order valence-corrected chi connectivity index (χ2v) is 6.92. The number of nitrogens with zero attached hydrogens (tertiary/aromatic N) is 1. The van der Waals surface area contributed by atoms with Crippen molar-refractivity contribution in [1.82, 2.24) is 4.90 Å². The lowest BCUT2D eigenvalue weighted by atomic mass is 10.1. The Morgan fingerprint density at radius 2 is 1.86 bits per heavy atom. The molecule has 0 atom stereocenters. The van der Waals surface area contributed by atoms with E-state index in [9.17, 15) is 9.59 Å². The first kappa shape index (κ1) is 16.6. The summed E-state index contributed by atoms with van der Waals surface area (Å²) in [5.74, 6) is 0.199. The van der Waals surface area contributed by atoms with E-state index >= 15 is 0 Å². The Morgan fingerprint density at radius 1 is 1.18 bits per heavy atom. The van der Waals surface area contributed by atoms with Crippen LogP contribution in [-0.2, 0) is 9.59 Å². The maximum absolute atomic E-state index is 12.7. The second-order valence-electron chi connectivity index (χ2n) is 5.33. The molecule has 22 heavy (non-hydrogen) atoms. The van der Waals surface area contributed by atoms with Crippen LogP contribution in [0.3, 0.4) is 0 Å². The molecule has 0 fully saturated rings. The molecule has 0 unspecified atom stereocenters. The van der Waals surface area contributed by atoms with Crippen molar-refractivity contribution in [3.05, 3.63) is 34.7 Å². The van der Waals surface area contributed by atoms with E-state index in [1.54, 1.807) is 13.2 Å². The van der Waals surface area contributed by atoms with Gasteiger partial charge in [-0.2, -0.15) is 0 Å². The molecular formula is C17H21NO3S. The van der Waals surface area contributed by atoms with Crippen LogP contribution in [0, 0.1) is 0 Å². The highest BCUT2D eigenvalue weighted by Gasteiger charge is 2.39. The molecule has 118 valence electrons. The van der Waals surface area contributed by atoms with Gasteiger partial charge in [0, 0.05) is 17.4 Å². The number of rotatable bonds is 6. The molecule has 0 saturated carbocycles. The molecule has 0 spiro atoms. The summed E-state index contributed by atoms with van der Waals surface area (Å²) in [6, 6.07) is 7.34. The van der Waals surface area contributed by atoms with Crippen molar-refractivity contribution in [3.63, 3.8) is 0 Å². The van der Waals surface area contributed by atoms with E-state index in [0.717, 1.165) is 6.42 Å². The van der Waals surface area contributed by atoms with Crippen LogP contribution in [0.2, 0.25) is 0 Å². The summed E-state index contributed by atoms with van der Waals surface area (Å²) in [4.78, 5) is 27.2. The minimum Gasteiger partial charge on any atom is -0.496 e. The quantitative estimate of drug-likeness (QED) is 0.755. The number of methoxy groups -OCH3 is 1. The van der Waals surface area contributed by atoms with Gasteiger partial charge in [0.25, 0.3) is 11.8 Å². The maximum Gasteiger partial charge on any atom is 0.267 e. The van der Waals surface area contributed by atoms with Gasteiger partial charge in [0.1, 0.15) is 5.75 Å². The van der Waals surface area contributed by atoms with E-state index in [4.69, 9.17) is 4.74 Å². The Morgan fingerprint density at radius 3 is 2.45 bits per heavy atom. The first-order chi connectivity index (χ1) is 10.5. The number of hydrogen-bond donors (Lipinski definition) is 0. The average molecular weight is 319 g/mol. The van der Waals surface area contributed by atoms with Gasteiger partial charge in [0.2, 0.25) is 0 Å². The molecule has 0 N–H and O–H groups in total. The van der Waals surface area contributed by atoms with Gasteiger partial charge in [0.05, 0.1) is 17.6 Å². The van der Waals surface area contributed by atoms with Gasteiger partial charge in [-0.1, -0.05) is 39.0 Å².